The van der Waals surface area contributed by atoms with Crippen molar-refractivity contribution in [2.24, 2.45) is 0 Å². The molecule has 0 atom stereocenters. The Hall–Kier alpha value is -2.43. The van der Waals surface area contributed by atoms with Crippen LogP contribution in [0.4, 0.5) is 21.5 Å². The van der Waals surface area contributed by atoms with Crippen molar-refractivity contribution in [1.29, 1.82) is 0 Å². The number of hydrogen-bond acceptors (Lipinski definition) is 4. The average molecular weight is 290 g/mol. The first-order valence-electron chi connectivity index (χ1n) is 6.85. The maximum Gasteiger partial charge on any atom is 0.167 e. The van der Waals surface area contributed by atoms with Gasteiger partial charge in [0.15, 0.2) is 11.6 Å². The molecule has 0 spiro atoms. The zero-order valence-electron chi connectivity index (χ0n) is 12.2. The van der Waals surface area contributed by atoms with E-state index in [1.54, 1.807) is 24.3 Å². The van der Waals surface area contributed by atoms with Gasteiger partial charge in [0.05, 0.1) is 13.2 Å². The van der Waals surface area contributed by atoms with E-state index in [-0.39, 0.29) is 5.75 Å². The number of nitrogens with two attached hydrogens (primary N) is 1. The minimum Gasteiger partial charge on any atom is -0.494 e. The van der Waals surface area contributed by atoms with Crippen LogP contribution in [-0.4, -0.2) is 13.2 Å². The first-order valence-corrected chi connectivity index (χ1v) is 6.85. The van der Waals surface area contributed by atoms with Crippen molar-refractivity contribution in [2.45, 2.75) is 13.8 Å². The Bertz CT molecular complexity index is 617. The normalized spacial score (nSPS) is 10.2. The fourth-order valence-corrected chi connectivity index (χ4v) is 1.96. The molecule has 0 aliphatic carbocycles. The highest BCUT2D eigenvalue weighted by molar-refractivity contribution is 5.66. The van der Waals surface area contributed by atoms with Gasteiger partial charge in [0, 0.05) is 35.3 Å². The molecule has 3 N–H and O–H groups in total. The summed E-state index contributed by atoms with van der Waals surface area (Å²) in [6, 6.07) is 10.0. The van der Waals surface area contributed by atoms with E-state index in [9.17, 15) is 4.39 Å². The predicted octanol–water partition coefficient (Wildman–Crippen LogP) is 3.95. The quantitative estimate of drug-likeness (QED) is 0.791. The summed E-state index contributed by atoms with van der Waals surface area (Å²) in [6.45, 7) is 4.70. The van der Waals surface area contributed by atoms with Crippen LogP contribution in [0.1, 0.15) is 13.8 Å². The fourth-order valence-electron chi connectivity index (χ4n) is 1.96. The monoisotopic (exact) mass is 290 g/mol. The van der Waals surface area contributed by atoms with Gasteiger partial charge >= 0.3 is 0 Å². The van der Waals surface area contributed by atoms with Gasteiger partial charge < -0.3 is 20.5 Å². The van der Waals surface area contributed by atoms with Crippen LogP contribution < -0.4 is 20.5 Å². The lowest BCUT2D eigenvalue weighted by atomic mass is 10.2. The van der Waals surface area contributed by atoms with Gasteiger partial charge in [-0.25, -0.2) is 4.39 Å². The molecule has 2 aromatic carbocycles. The second-order valence-corrected chi connectivity index (χ2v) is 4.43. The van der Waals surface area contributed by atoms with Gasteiger partial charge in [0.1, 0.15) is 5.75 Å². The molecule has 0 saturated carbocycles. The van der Waals surface area contributed by atoms with E-state index >= 15 is 0 Å². The lowest BCUT2D eigenvalue weighted by Gasteiger charge is -2.12. The summed E-state index contributed by atoms with van der Waals surface area (Å²) in [5.74, 6) is 0.507. The zero-order valence-corrected chi connectivity index (χ0v) is 12.2. The molecule has 0 aliphatic rings. The zero-order chi connectivity index (χ0) is 15.2. The molecule has 0 amide bonds. The van der Waals surface area contributed by atoms with Crippen LogP contribution in [0.3, 0.4) is 0 Å². The van der Waals surface area contributed by atoms with E-state index in [1.807, 2.05) is 19.9 Å². The summed E-state index contributed by atoms with van der Waals surface area (Å²) in [4.78, 5) is 0. The van der Waals surface area contributed by atoms with Gasteiger partial charge in [-0.15, -0.1) is 0 Å². The summed E-state index contributed by atoms with van der Waals surface area (Å²) in [7, 11) is 0. The lowest BCUT2D eigenvalue weighted by Crippen LogP contribution is -1.98. The highest BCUT2D eigenvalue weighted by atomic mass is 19.1. The third kappa shape index (κ3) is 4.02. The third-order valence-electron chi connectivity index (χ3n) is 2.76. The molecule has 5 heteroatoms. The van der Waals surface area contributed by atoms with Gasteiger partial charge in [-0.1, -0.05) is 0 Å². The SMILES string of the molecule is CCOc1cc(N)cc(Nc2ccc(OCC)c(F)c2)c1. The van der Waals surface area contributed by atoms with Crippen LogP contribution in [0, 0.1) is 5.82 Å². The molecule has 0 aromatic heterocycles. The minimum absolute atomic E-state index is 0.241. The third-order valence-corrected chi connectivity index (χ3v) is 2.76. The van der Waals surface area contributed by atoms with Crippen LogP contribution in [0.15, 0.2) is 36.4 Å². The number of rotatable bonds is 6. The topological polar surface area (TPSA) is 56.5 Å². The van der Waals surface area contributed by atoms with Gasteiger partial charge in [-0.2, -0.15) is 0 Å². The average Bonchev–Trinajstić information content (AvgIpc) is 2.42. The smallest absolute Gasteiger partial charge is 0.167 e. The van der Waals surface area contributed by atoms with E-state index < -0.39 is 5.82 Å². The van der Waals surface area contributed by atoms with Crippen LogP contribution in [-0.2, 0) is 0 Å². The Morgan fingerprint density at radius 2 is 1.76 bits per heavy atom. The number of ether oxygens (including phenoxy) is 2. The van der Waals surface area contributed by atoms with Gasteiger partial charge in [-0.05, 0) is 32.0 Å². The molecule has 21 heavy (non-hydrogen) atoms. The second kappa shape index (κ2) is 6.83. The Labute approximate surface area is 123 Å². The molecular weight excluding hydrogens is 271 g/mol. The van der Waals surface area contributed by atoms with Gasteiger partial charge in [-0.3, -0.25) is 0 Å². The largest absolute Gasteiger partial charge is 0.494 e. The first kappa shape index (κ1) is 15.0. The number of nitrogens with one attached hydrogen (secondary N) is 1. The molecule has 4 nitrogen and oxygen atoms in total. The fraction of sp³-hybridized carbons (Fsp3) is 0.250. The summed E-state index contributed by atoms with van der Waals surface area (Å²) < 4.78 is 24.4. The minimum atomic E-state index is -0.407. The van der Waals surface area contributed by atoms with Crippen molar-refractivity contribution in [3.63, 3.8) is 0 Å². The predicted molar refractivity (Wildman–Crippen MR) is 82.9 cm³/mol. The molecule has 0 fully saturated rings. The molecule has 0 bridgehead atoms. The van der Waals surface area contributed by atoms with Crippen LogP contribution in [0.5, 0.6) is 11.5 Å². The van der Waals surface area contributed by atoms with Crippen molar-refractivity contribution >= 4 is 17.1 Å². The molecule has 0 radical (unpaired) electrons. The summed E-state index contributed by atoms with van der Waals surface area (Å²) in [5.41, 5.74) is 7.75. The number of anilines is 3. The van der Waals surface area contributed by atoms with Gasteiger partial charge in [0.25, 0.3) is 0 Å². The Morgan fingerprint density at radius 3 is 2.43 bits per heavy atom. The number of hydrogen-bond donors (Lipinski definition) is 2. The van der Waals surface area contributed by atoms with Crippen molar-refractivity contribution < 1.29 is 13.9 Å². The lowest BCUT2D eigenvalue weighted by molar-refractivity contribution is 0.321. The highest BCUT2D eigenvalue weighted by Crippen LogP contribution is 2.27. The van der Waals surface area contributed by atoms with Crippen molar-refractivity contribution in [1.82, 2.24) is 0 Å². The van der Waals surface area contributed by atoms with Crippen molar-refractivity contribution in [3.05, 3.63) is 42.2 Å². The van der Waals surface area contributed by atoms with Crippen LogP contribution >= 0.6 is 0 Å². The molecule has 0 unspecified atom stereocenters. The van der Waals surface area contributed by atoms with Gasteiger partial charge in [0.2, 0.25) is 0 Å². The van der Waals surface area contributed by atoms with Crippen LogP contribution in [0.25, 0.3) is 0 Å². The molecule has 112 valence electrons. The standard InChI is InChI=1S/C16H19FN2O2/c1-3-20-14-8-11(18)7-13(9-14)19-12-5-6-16(21-4-2)15(17)10-12/h5-10,19H,3-4,18H2,1-2H3. The summed E-state index contributed by atoms with van der Waals surface area (Å²) in [6.07, 6.45) is 0. The molecule has 2 rings (SSSR count). The molecule has 0 heterocycles. The maximum absolute atomic E-state index is 13.8. The Morgan fingerprint density at radius 1 is 1.00 bits per heavy atom. The van der Waals surface area contributed by atoms with E-state index in [2.05, 4.69) is 5.32 Å². The highest BCUT2D eigenvalue weighted by Gasteiger charge is 2.06. The molecule has 0 saturated heterocycles. The number of benzene rings is 2. The molecular formula is C16H19FN2O2. The maximum atomic E-state index is 13.8. The molecule has 0 aliphatic heterocycles. The van der Waals surface area contributed by atoms with E-state index in [0.717, 1.165) is 5.69 Å². The van der Waals surface area contributed by atoms with Crippen molar-refractivity contribution in [3.8, 4) is 11.5 Å². The number of nitrogen functional groups attached to an aromatic ring is 1. The summed E-state index contributed by atoms with van der Waals surface area (Å²) >= 11 is 0. The molecule has 2 aromatic rings. The first-order chi connectivity index (χ1) is 10.1. The van der Waals surface area contributed by atoms with E-state index in [0.29, 0.717) is 30.3 Å². The Balaban J connectivity index is 2.19. The van der Waals surface area contributed by atoms with Crippen LogP contribution in [0.2, 0.25) is 0 Å². The van der Waals surface area contributed by atoms with E-state index in [1.165, 1.54) is 6.07 Å². The number of halogens is 1. The summed E-state index contributed by atoms with van der Waals surface area (Å²) in [5, 5.41) is 3.10. The van der Waals surface area contributed by atoms with E-state index in [4.69, 9.17) is 15.2 Å². The second-order valence-electron chi connectivity index (χ2n) is 4.43. The van der Waals surface area contributed by atoms with Crippen molar-refractivity contribution in [2.75, 3.05) is 24.3 Å². The Kier molecular flexibility index (Phi) is 4.87.